The number of methoxy groups -OCH3 is 1. The van der Waals surface area contributed by atoms with E-state index in [2.05, 4.69) is 64.4 Å². The van der Waals surface area contributed by atoms with E-state index in [0.717, 1.165) is 18.8 Å². The summed E-state index contributed by atoms with van der Waals surface area (Å²) < 4.78 is 6.59. The van der Waals surface area contributed by atoms with Crippen molar-refractivity contribution in [3.8, 4) is 5.75 Å². The van der Waals surface area contributed by atoms with Crippen LogP contribution in [0.4, 0.5) is 5.69 Å². The monoisotopic (exact) mass is 366 g/mol. The number of quaternary nitrogens is 1. The molecule has 0 amide bonds. The first-order valence-electron chi connectivity index (χ1n) is 10.3. The molecule has 2 aromatic carbocycles. The maximum atomic E-state index is 5.28. The summed E-state index contributed by atoms with van der Waals surface area (Å²) in [7, 11) is 1.73. The third kappa shape index (κ3) is 4.45. The molecule has 0 aromatic heterocycles. The van der Waals surface area contributed by atoms with Gasteiger partial charge in [-0.1, -0.05) is 30.3 Å². The van der Waals surface area contributed by atoms with Crippen LogP contribution in [-0.4, -0.2) is 75.4 Å². The van der Waals surface area contributed by atoms with Crippen LogP contribution in [0.1, 0.15) is 5.56 Å². The van der Waals surface area contributed by atoms with Gasteiger partial charge in [-0.2, -0.15) is 0 Å². The van der Waals surface area contributed by atoms with Crippen molar-refractivity contribution in [1.82, 2.24) is 4.90 Å². The zero-order chi connectivity index (χ0) is 18.5. The maximum absolute atomic E-state index is 5.28. The van der Waals surface area contributed by atoms with Crippen LogP contribution in [0, 0.1) is 0 Å². The standard InChI is InChI=1S/C23H32N3O/c1-27-23-9-7-22(8-10-23)25-15-19-26(20-16-25)17-13-24(14-18-26)12-11-21-5-3-2-4-6-21/h2-10H,11-20H2,1H3/q+1. The van der Waals surface area contributed by atoms with Crippen LogP contribution in [0.5, 0.6) is 5.75 Å². The third-order valence-electron chi connectivity index (χ3n) is 6.47. The molecule has 4 heteroatoms. The fourth-order valence-electron chi connectivity index (χ4n) is 4.47. The average molecular weight is 367 g/mol. The zero-order valence-electron chi connectivity index (χ0n) is 16.5. The first-order valence-corrected chi connectivity index (χ1v) is 10.3. The van der Waals surface area contributed by atoms with E-state index in [4.69, 9.17) is 4.74 Å². The van der Waals surface area contributed by atoms with E-state index < -0.39 is 0 Å². The van der Waals surface area contributed by atoms with E-state index in [1.165, 1.54) is 68.0 Å². The lowest BCUT2D eigenvalue weighted by molar-refractivity contribution is -0.932. The van der Waals surface area contributed by atoms with E-state index >= 15 is 0 Å². The molecule has 2 aromatic rings. The van der Waals surface area contributed by atoms with Crippen LogP contribution in [0.3, 0.4) is 0 Å². The van der Waals surface area contributed by atoms with Crippen molar-refractivity contribution < 1.29 is 9.22 Å². The van der Waals surface area contributed by atoms with Gasteiger partial charge >= 0.3 is 0 Å². The predicted octanol–water partition coefficient (Wildman–Crippen LogP) is 2.89. The Morgan fingerprint density at radius 1 is 0.815 bits per heavy atom. The number of hydrogen-bond donors (Lipinski definition) is 0. The molecule has 2 heterocycles. The molecule has 2 saturated heterocycles. The van der Waals surface area contributed by atoms with E-state index in [1.54, 1.807) is 7.11 Å². The van der Waals surface area contributed by atoms with Crippen molar-refractivity contribution in [2.24, 2.45) is 0 Å². The van der Waals surface area contributed by atoms with E-state index in [-0.39, 0.29) is 0 Å². The van der Waals surface area contributed by atoms with E-state index in [9.17, 15) is 0 Å². The second-order valence-electron chi connectivity index (χ2n) is 8.00. The number of piperazine rings is 2. The Bertz CT molecular complexity index is 698. The van der Waals surface area contributed by atoms with Crippen molar-refractivity contribution in [3.63, 3.8) is 0 Å². The lowest BCUT2D eigenvalue weighted by Crippen LogP contribution is -2.66. The molecule has 2 aliphatic heterocycles. The van der Waals surface area contributed by atoms with Crippen LogP contribution in [0.15, 0.2) is 54.6 Å². The molecule has 27 heavy (non-hydrogen) atoms. The number of nitrogens with zero attached hydrogens (tertiary/aromatic N) is 3. The molecule has 0 unspecified atom stereocenters. The highest BCUT2D eigenvalue weighted by molar-refractivity contribution is 5.49. The Hall–Kier alpha value is -2.04. The molecule has 0 bridgehead atoms. The van der Waals surface area contributed by atoms with Crippen LogP contribution in [0.25, 0.3) is 0 Å². The molecule has 4 rings (SSSR count). The highest BCUT2D eigenvalue weighted by atomic mass is 16.5. The van der Waals surface area contributed by atoms with Crippen molar-refractivity contribution in [2.45, 2.75) is 6.42 Å². The smallest absolute Gasteiger partial charge is 0.119 e. The summed E-state index contributed by atoms with van der Waals surface area (Å²) in [6.45, 7) is 11.2. The number of benzene rings is 2. The lowest BCUT2D eigenvalue weighted by Gasteiger charge is -2.49. The number of anilines is 1. The van der Waals surface area contributed by atoms with Gasteiger partial charge in [0, 0.05) is 25.3 Å². The zero-order valence-corrected chi connectivity index (χ0v) is 16.5. The minimum atomic E-state index is 0.936. The van der Waals surface area contributed by atoms with Gasteiger partial charge in [-0.15, -0.1) is 0 Å². The molecule has 0 radical (unpaired) electrons. The summed E-state index contributed by atoms with van der Waals surface area (Å²) in [4.78, 5) is 5.19. The van der Waals surface area contributed by atoms with Gasteiger partial charge < -0.3 is 14.1 Å². The quantitative estimate of drug-likeness (QED) is 0.757. The van der Waals surface area contributed by atoms with Gasteiger partial charge in [0.25, 0.3) is 0 Å². The molecule has 2 aliphatic rings. The third-order valence-corrected chi connectivity index (χ3v) is 6.47. The van der Waals surface area contributed by atoms with Gasteiger partial charge in [0.15, 0.2) is 0 Å². The fraction of sp³-hybridized carbons (Fsp3) is 0.478. The Kier molecular flexibility index (Phi) is 5.65. The fourth-order valence-corrected chi connectivity index (χ4v) is 4.47. The molecule has 144 valence electrons. The van der Waals surface area contributed by atoms with Gasteiger partial charge in [-0.05, 0) is 36.2 Å². The Balaban J connectivity index is 1.24. The first kappa shape index (κ1) is 18.3. The van der Waals surface area contributed by atoms with Crippen molar-refractivity contribution in [1.29, 1.82) is 0 Å². The van der Waals surface area contributed by atoms with Crippen molar-refractivity contribution >= 4 is 5.69 Å². The van der Waals surface area contributed by atoms with Crippen LogP contribution < -0.4 is 9.64 Å². The Labute approximate surface area is 163 Å². The topological polar surface area (TPSA) is 15.7 Å². The average Bonchev–Trinajstić information content (AvgIpc) is 2.75. The molecule has 2 fully saturated rings. The molecule has 0 saturated carbocycles. The summed E-state index contributed by atoms with van der Waals surface area (Å²) in [5, 5.41) is 0. The highest BCUT2D eigenvalue weighted by Crippen LogP contribution is 2.24. The largest absolute Gasteiger partial charge is 0.497 e. The number of ether oxygens (including phenoxy) is 1. The molecule has 4 nitrogen and oxygen atoms in total. The molecular weight excluding hydrogens is 334 g/mol. The van der Waals surface area contributed by atoms with Crippen molar-refractivity contribution in [2.75, 3.05) is 70.9 Å². The van der Waals surface area contributed by atoms with Gasteiger partial charge in [0.2, 0.25) is 0 Å². The summed E-state index contributed by atoms with van der Waals surface area (Å²) in [5.41, 5.74) is 2.79. The van der Waals surface area contributed by atoms with Crippen molar-refractivity contribution in [3.05, 3.63) is 60.2 Å². The van der Waals surface area contributed by atoms with Crippen LogP contribution in [0.2, 0.25) is 0 Å². The summed E-state index contributed by atoms with van der Waals surface area (Å²) in [6, 6.07) is 19.4. The number of hydrogen-bond acceptors (Lipinski definition) is 3. The summed E-state index contributed by atoms with van der Waals surface area (Å²) >= 11 is 0. The molecular formula is C23H32N3O+. The SMILES string of the molecule is COc1ccc(N2CC[N+]3(CCN(CCc4ccccc4)CC3)CC2)cc1. The Morgan fingerprint density at radius 2 is 1.44 bits per heavy atom. The highest BCUT2D eigenvalue weighted by Gasteiger charge is 2.36. The van der Waals surface area contributed by atoms with Gasteiger partial charge in [0.05, 0.1) is 46.4 Å². The summed E-state index contributed by atoms with van der Waals surface area (Å²) in [5.74, 6) is 0.936. The number of rotatable bonds is 5. The predicted molar refractivity (Wildman–Crippen MR) is 112 cm³/mol. The van der Waals surface area contributed by atoms with Crippen LogP contribution in [-0.2, 0) is 6.42 Å². The second kappa shape index (κ2) is 8.32. The first-order chi connectivity index (χ1) is 13.3. The second-order valence-corrected chi connectivity index (χ2v) is 8.00. The van der Waals surface area contributed by atoms with E-state index in [0.29, 0.717) is 0 Å². The lowest BCUT2D eigenvalue weighted by atomic mass is 10.1. The Morgan fingerprint density at radius 3 is 2.07 bits per heavy atom. The van der Waals surface area contributed by atoms with Gasteiger partial charge in [0.1, 0.15) is 5.75 Å². The molecule has 1 spiro atoms. The molecule has 0 atom stereocenters. The normalized spacial score (nSPS) is 20.0. The minimum absolute atomic E-state index is 0.936. The maximum Gasteiger partial charge on any atom is 0.119 e. The molecule has 0 aliphatic carbocycles. The van der Waals surface area contributed by atoms with Crippen LogP contribution >= 0.6 is 0 Å². The minimum Gasteiger partial charge on any atom is -0.497 e. The van der Waals surface area contributed by atoms with Gasteiger partial charge in [-0.25, -0.2) is 0 Å². The molecule has 0 N–H and O–H groups in total. The van der Waals surface area contributed by atoms with Gasteiger partial charge in [-0.3, -0.25) is 4.90 Å². The summed E-state index contributed by atoms with van der Waals surface area (Å²) in [6.07, 6.45) is 1.17. The van der Waals surface area contributed by atoms with E-state index in [1.807, 2.05) is 0 Å².